The molecular formula is C27H36FN3O3. The van der Waals surface area contributed by atoms with Crippen LogP contribution < -0.4 is 4.74 Å². The zero-order valence-corrected chi connectivity index (χ0v) is 20.8. The lowest BCUT2D eigenvalue weighted by molar-refractivity contribution is -0.0566. The maximum absolute atomic E-state index is 13.8. The van der Waals surface area contributed by atoms with Gasteiger partial charge in [-0.1, -0.05) is 43.3 Å². The average molecular weight is 470 g/mol. The number of aliphatic hydroxyl groups is 1. The summed E-state index contributed by atoms with van der Waals surface area (Å²) in [5.74, 6) is 0.592. The number of nitrogens with zero attached hydrogens (tertiary/aromatic N) is 3. The standard InChI is InChI=1S/C27H36FN3O3/c1-6-15-31(17-22(32)19-33-27(2,3)4)18-24-25(20-11-8-7-9-12-20)29-30(5)26(24)34-23-14-10-13-21(28)16-23/h7-14,16,22,32H,6,15,17-19H2,1-5H3/t22-/m1/s1. The van der Waals surface area contributed by atoms with Crippen molar-refractivity contribution in [3.8, 4) is 22.9 Å². The van der Waals surface area contributed by atoms with Crippen molar-refractivity contribution in [1.82, 2.24) is 14.7 Å². The molecule has 1 aromatic heterocycles. The molecule has 0 spiro atoms. The van der Waals surface area contributed by atoms with Gasteiger partial charge in [0.2, 0.25) is 5.88 Å². The Morgan fingerprint density at radius 3 is 2.50 bits per heavy atom. The van der Waals surface area contributed by atoms with E-state index in [1.54, 1.807) is 16.8 Å². The highest BCUT2D eigenvalue weighted by Crippen LogP contribution is 2.34. The fraction of sp³-hybridized carbons (Fsp3) is 0.444. The highest BCUT2D eigenvalue weighted by atomic mass is 19.1. The number of aliphatic hydroxyl groups excluding tert-OH is 1. The number of aryl methyl sites for hydroxylation is 1. The Bertz CT molecular complexity index is 1050. The predicted molar refractivity (Wildman–Crippen MR) is 132 cm³/mol. The van der Waals surface area contributed by atoms with Crippen LogP contribution in [0.5, 0.6) is 11.6 Å². The van der Waals surface area contributed by atoms with Crippen molar-refractivity contribution in [2.45, 2.75) is 52.4 Å². The van der Waals surface area contributed by atoms with Crippen molar-refractivity contribution in [3.05, 3.63) is 66.0 Å². The molecule has 34 heavy (non-hydrogen) atoms. The van der Waals surface area contributed by atoms with Gasteiger partial charge in [-0.25, -0.2) is 9.07 Å². The third-order valence-electron chi connectivity index (χ3n) is 5.24. The fourth-order valence-corrected chi connectivity index (χ4v) is 3.76. The summed E-state index contributed by atoms with van der Waals surface area (Å²) in [4.78, 5) is 2.18. The molecule has 0 bridgehead atoms. The number of benzene rings is 2. The zero-order valence-electron chi connectivity index (χ0n) is 20.8. The van der Waals surface area contributed by atoms with E-state index in [0.717, 1.165) is 29.8 Å². The first-order valence-corrected chi connectivity index (χ1v) is 11.8. The van der Waals surface area contributed by atoms with Gasteiger partial charge in [0.25, 0.3) is 0 Å². The molecular weight excluding hydrogens is 433 g/mol. The lowest BCUT2D eigenvalue weighted by Crippen LogP contribution is -2.37. The highest BCUT2D eigenvalue weighted by molar-refractivity contribution is 5.65. The van der Waals surface area contributed by atoms with Crippen molar-refractivity contribution < 1.29 is 19.0 Å². The predicted octanol–water partition coefficient (Wildman–Crippen LogP) is 5.41. The first-order valence-electron chi connectivity index (χ1n) is 11.8. The maximum atomic E-state index is 13.8. The van der Waals surface area contributed by atoms with Crippen LogP contribution in [0.1, 0.15) is 39.7 Å². The summed E-state index contributed by atoms with van der Waals surface area (Å²) in [5, 5.41) is 15.4. The molecule has 1 N–H and O–H groups in total. The van der Waals surface area contributed by atoms with Crippen LogP contribution in [0.25, 0.3) is 11.3 Å². The molecule has 1 atom stereocenters. The van der Waals surface area contributed by atoms with E-state index in [9.17, 15) is 9.50 Å². The van der Waals surface area contributed by atoms with Gasteiger partial charge in [0.15, 0.2) is 0 Å². The largest absolute Gasteiger partial charge is 0.439 e. The molecule has 3 aromatic rings. The number of rotatable bonds is 11. The van der Waals surface area contributed by atoms with Crippen molar-refractivity contribution in [2.24, 2.45) is 7.05 Å². The smallest absolute Gasteiger partial charge is 0.222 e. The zero-order chi connectivity index (χ0) is 24.7. The van der Waals surface area contributed by atoms with Crippen LogP contribution in [-0.2, 0) is 18.3 Å². The van der Waals surface area contributed by atoms with Gasteiger partial charge in [-0.2, -0.15) is 5.10 Å². The molecule has 6 nitrogen and oxygen atoms in total. The van der Waals surface area contributed by atoms with E-state index in [-0.39, 0.29) is 18.0 Å². The highest BCUT2D eigenvalue weighted by Gasteiger charge is 2.24. The van der Waals surface area contributed by atoms with Crippen LogP contribution in [0.15, 0.2) is 54.6 Å². The fourth-order valence-electron chi connectivity index (χ4n) is 3.76. The van der Waals surface area contributed by atoms with Gasteiger partial charge < -0.3 is 14.6 Å². The Kier molecular flexibility index (Phi) is 8.83. The quantitative estimate of drug-likeness (QED) is 0.407. The number of halogens is 1. The molecule has 0 amide bonds. The summed E-state index contributed by atoms with van der Waals surface area (Å²) in [6.07, 6.45) is 0.295. The van der Waals surface area contributed by atoms with Crippen LogP contribution in [0.4, 0.5) is 4.39 Å². The van der Waals surface area contributed by atoms with Crippen LogP contribution in [0.2, 0.25) is 0 Å². The van der Waals surface area contributed by atoms with Crippen LogP contribution >= 0.6 is 0 Å². The lowest BCUT2D eigenvalue weighted by Gasteiger charge is -2.27. The van der Waals surface area contributed by atoms with E-state index in [1.165, 1.54) is 12.1 Å². The molecule has 0 saturated carbocycles. The summed E-state index contributed by atoms with van der Waals surface area (Å²) < 4.78 is 27.4. The van der Waals surface area contributed by atoms with Crippen molar-refractivity contribution in [1.29, 1.82) is 0 Å². The van der Waals surface area contributed by atoms with E-state index in [2.05, 4.69) is 11.8 Å². The number of ether oxygens (including phenoxy) is 2. The first kappa shape index (κ1) is 25.9. The molecule has 0 aliphatic heterocycles. The van der Waals surface area contributed by atoms with Gasteiger partial charge in [0, 0.05) is 31.8 Å². The summed E-state index contributed by atoms with van der Waals surface area (Å²) >= 11 is 0. The molecule has 0 saturated heterocycles. The van der Waals surface area contributed by atoms with Crippen LogP contribution in [0, 0.1) is 5.82 Å². The normalized spacial score (nSPS) is 12.8. The molecule has 0 aliphatic carbocycles. The minimum Gasteiger partial charge on any atom is -0.439 e. The Morgan fingerprint density at radius 2 is 1.85 bits per heavy atom. The van der Waals surface area contributed by atoms with Gasteiger partial charge in [-0.15, -0.1) is 0 Å². The van der Waals surface area contributed by atoms with Crippen LogP contribution in [0.3, 0.4) is 0 Å². The molecule has 184 valence electrons. The topological polar surface area (TPSA) is 59.8 Å². The molecule has 0 unspecified atom stereocenters. The second kappa shape index (κ2) is 11.6. The molecule has 2 aromatic carbocycles. The second-order valence-corrected chi connectivity index (χ2v) is 9.49. The minimum atomic E-state index is -0.629. The second-order valence-electron chi connectivity index (χ2n) is 9.49. The number of hydrogen-bond acceptors (Lipinski definition) is 5. The van der Waals surface area contributed by atoms with E-state index in [0.29, 0.717) is 24.7 Å². The third kappa shape index (κ3) is 7.38. The van der Waals surface area contributed by atoms with Gasteiger partial charge in [0.1, 0.15) is 17.3 Å². The molecule has 7 heteroatoms. The Morgan fingerprint density at radius 1 is 1.12 bits per heavy atom. The van der Waals surface area contributed by atoms with E-state index < -0.39 is 6.10 Å². The number of hydrogen-bond donors (Lipinski definition) is 1. The molecule has 0 radical (unpaired) electrons. The van der Waals surface area contributed by atoms with Gasteiger partial charge in [-0.3, -0.25) is 4.90 Å². The third-order valence-corrected chi connectivity index (χ3v) is 5.24. The summed E-state index contributed by atoms with van der Waals surface area (Å²) in [5.41, 5.74) is 2.34. The van der Waals surface area contributed by atoms with E-state index >= 15 is 0 Å². The van der Waals surface area contributed by atoms with Crippen molar-refractivity contribution >= 4 is 0 Å². The van der Waals surface area contributed by atoms with E-state index in [4.69, 9.17) is 14.6 Å². The Hall–Kier alpha value is -2.74. The summed E-state index contributed by atoms with van der Waals surface area (Å²) in [6.45, 7) is 10.0. The molecule has 3 rings (SSSR count). The monoisotopic (exact) mass is 469 g/mol. The van der Waals surface area contributed by atoms with Gasteiger partial charge in [0.05, 0.1) is 23.9 Å². The molecule has 0 fully saturated rings. The van der Waals surface area contributed by atoms with Crippen molar-refractivity contribution in [3.63, 3.8) is 0 Å². The average Bonchev–Trinajstić information content (AvgIpc) is 3.08. The van der Waals surface area contributed by atoms with Crippen LogP contribution in [-0.4, -0.2) is 51.2 Å². The SMILES string of the molecule is CCCN(Cc1c(-c2ccccc2)nn(C)c1Oc1cccc(F)c1)C[C@@H](O)COC(C)(C)C. The van der Waals surface area contributed by atoms with Gasteiger partial charge >= 0.3 is 0 Å². The Labute approximate surface area is 201 Å². The maximum Gasteiger partial charge on any atom is 0.222 e. The van der Waals surface area contributed by atoms with Gasteiger partial charge in [-0.05, 0) is 45.9 Å². The van der Waals surface area contributed by atoms with Crippen molar-refractivity contribution in [2.75, 3.05) is 19.7 Å². The lowest BCUT2D eigenvalue weighted by atomic mass is 10.1. The summed E-state index contributed by atoms with van der Waals surface area (Å²) in [7, 11) is 1.82. The number of aromatic nitrogens is 2. The molecule has 0 aliphatic rings. The Balaban J connectivity index is 1.92. The molecule has 1 heterocycles. The summed E-state index contributed by atoms with van der Waals surface area (Å²) in [6, 6.07) is 16.0. The minimum absolute atomic E-state index is 0.259. The first-order chi connectivity index (χ1) is 16.2. The van der Waals surface area contributed by atoms with E-state index in [1.807, 2.05) is 58.2 Å².